The Hall–Kier alpha value is -0.410. The summed E-state index contributed by atoms with van der Waals surface area (Å²) in [6.07, 6.45) is 2.89. The minimum atomic E-state index is -0.218. The zero-order valence-corrected chi connectivity index (χ0v) is 9.85. The summed E-state index contributed by atoms with van der Waals surface area (Å²) in [5, 5.41) is 0. The minimum Gasteiger partial charge on any atom is -0.327 e. The first kappa shape index (κ1) is 11.7. The molecule has 0 radical (unpaired) electrons. The highest BCUT2D eigenvalue weighted by Crippen LogP contribution is 2.19. The van der Waals surface area contributed by atoms with Crippen molar-refractivity contribution in [2.75, 3.05) is 0 Å². The molecule has 0 aliphatic rings. The molecule has 3 heteroatoms. The largest absolute Gasteiger partial charge is 0.327 e. The lowest BCUT2D eigenvalue weighted by Crippen LogP contribution is -2.22. The molecule has 14 heavy (non-hydrogen) atoms. The molecule has 0 fully saturated rings. The molecular weight excluding hydrogens is 245 g/mol. The molecule has 1 nitrogen and oxygen atoms in total. The van der Waals surface area contributed by atoms with E-state index in [1.807, 2.05) is 0 Å². The van der Waals surface area contributed by atoms with Gasteiger partial charge in [-0.05, 0) is 30.5 Å². The van der Waals surface area contributed by atoms with Gasteiger partial charge in [0.25, 0.3) is 0 Å². The van der Waals surface area contributed by atoms with Crippen molar-refractivity contribution in [2.24, 2.45) is 5.73 Å². The molecule has 2 N–H and O–H groups in total. The first-order valence-electron chi connectivity index (χ1n) is 4.83. The lowest BCUT2D eigenvalue weighted by atomic mass is 10.0. The van der Waals surface area contributed by atoms with Crippen molar-refractivity contribution in [3.63, 3.8) is 0 Å². The van der Waals surface area contributed by atoms with Gasteiger partial charge in [0.2, 0.25) is 0 Å². The van der Waals surface area contributed by atoms with Crippen LogP contribution in [0.1, 0.15) is 25.3 Å². The van der Waals surface area contributed by atoms with E-state index in [1.54, 1.807) is 6.07 Å². The third-order valence-corrected chi connectivity index (χ3v) is 2.89. The van der Waals surface area contributed by atoms with Gasteiger partial charge in [-0.2, -0.15) is 0 Å². The van der Waals surface area contributed by atoms with E-state index in [0.717, 1.165) is 29.3 Å². The standard InChI is InChI=1S/C11H15BrFN/c1-2-3-10(14)6-8-4-5-9(13)7-11(8)12/h4-5,7,10H,2-3,6,14H2,1H3. The highest BCUT2D eigenvalue weighted by molar-refractivity contribution is 9.10. The van der Waals surface area contributed by atoms with Gasteiger partial charge in [-0.3, -0.25) is 0 Å². The number of hydrogen-bond donors (Lipinski definition) is 1. The van der Waals surface area contributed by atoms with Gasteiger partial charge in [0.1, 0.15) is 5.82 Å². The van der Waals surface area contributed by atoms with E-state index < -0.39 is 0 Å². The number of hydrogen-bond acceptors (Lipinski definition) is 1. The first-order chi connectivity index (χ1) is 6.63. The number of halogens is 2. The van der Waals surface area contributed by atoms with Crippen LogP contribution in [0.5, 0.6) is 0 Å². The van der Waals surface area contributed by atoms with Gasteiger partial charge in [0, 0.05) is 10.5 Å². The van der Waals surface area contributed by atoms with Crippen LogP contribution in [0, 0.1) is 5.82 Å². The van der Waals surface area contributed by atoms with E-state index in [4.69, 9.17) is 5.73 Å². The summed E-state index contributed by atoms with van der Waals surface area (Å²) in [7, 11) is 0. The summed E-state index contributed by atoms with van der Waals surface area (Å²) in [4.78, 5) is 0. The zero-order valence-electron chi connectivity index (χ0n) is 8.26. The van der Waals surface area contributed by atoms with E-state index in [2.05, 4.69) is 22.9 Å². The summed E-state index contributed by atoms with van der Waals surface area (Å²) in [6.45, 7) is 2.11. The van der Waals surface area contributed by atoms with Crippen molar-refractivity contribution in [3.8, 4) is 0 Å². The zero-order chi connectivity index (χ0) is 10.6. The van der Waals surface area contributed by atoms with Crippen molar-refractivity contribution < 1.29 is 4.39 Å². The Morgan fingerprint density at radius 1 is 1.50 bits per heavy atom. The summed E-state index contributed by atoms with van der Waals surface area (Å²) in [6, 6.07) is 4.91. The molecule has 0 bridgehead atoms. The summed E-state index contributed by atoms with van der Waals surface area (Å²) >= 11 is 3.33. The van der Waals surface area contributed by atoms with Crippen LogP contribution in [0.2, 0.25) is 0 Å². The van der Waals surface area contributed by atoms with Crippen molar-refractivity contribution in [2.45, 2.75) is 32.2 Å². The maximum atomic E-state index is 12.8. The van der Waals surface area contributed by atoms with E-state index in [-0.39, 0.29) is 11.9 Å². The highest BCUT2D eigenvalue weighted by atomic mass is 79.9. The van der Waals surface area contributed by atoms with Gasteiger partial charge < -0.3 is 5.73 Å². The lowest BCUT2D eigenvalue weighted by molar-refractivity contribution is 0.595. The van der Waals surface area contributed by atoms with Gasteiger partial charge in [0.05, 0.1) is 0 Å². The van der Waals surface area contributed by atoms with Gasteiger partial charge in [-0.1, -0.05) is 35.3 Å². The van der Waals surface area contributed by atoms with Crippen molar-refractivity contribution in [1.29, 1.82) is 0 Å². The van der Waals surface area contributed by atoms with E-state index in [1.165, 1.54) is 12.1 Å². The molecule has 0 aliphatic heterocycles. The van der Waals surface area contributed by atoms with Crippen LogP contribution < -0.4 is 5.73 Å². The average molecular weight is 260 g/mol. The Morgan fingerprint density at radius 3 is 2.79 bits per heavy atom. The van der Waals surface area contributed by atoms with Crippen LogP contribution in [0.4, 0.5) is 4.39 Å². The van der Waals surface area contributed by atoms with Gasteiger partial charge in [0.15, 0.2) is 0 Å². The van der Waals surface area contributed by atoms with E-state index >= 15 is 0 Å². The van der Waals surface area contributed by atoms with Crippen molar-refractivity contribution in [1.82, 2.24) is 0 Å². The monoisotopic (exact) mass is 259 g/mol. The predicted octanol–water partition coefficient (Wildman–Crippen LogP) is 3.26. The third-order valence-electron chi connectivity index (χ3n) is 2.16. The number of nitrogens with two attached hydrogens (primary N) is 1. The van der Waals surface area contributed by atoms with Gasteiger partial charge in [-0.15, -0.1) is 0 Å². The fourth-order valence-electron chi connectivity index (χ4n) is 1.44. The first-order valence-corrected chi connectivity index (χ1v) is 5.62. The quantitative estimate of drug-likeness (QED) is 0.883. The molecule has 0 amide bonds. The molecule has 0 spiro atoms. The van der Waals surface area contributed by atoms with Crippen molar-refractivity contribution >= 4 is 15.9 Å². The maximum Gasteiger partial charge on any atom is 0.124 e. The van der Waals surface area contributed by atoms with E-state index in [9.17, 15) is 4.39 Å². The van der Waals surface area contributed by atoms with Crippen LogP contribution in [0.25, 0.3) is 0 Å². The fourth-order valence-corrected chi connectivity index (χ4v) is 1.96. The molecule has 78 valence electrons. The predicted molar refractivity (Wildman–Crippen MR) is 60.7 cm³/mol. The van der Waals surface area contributed by atoms with Crippen LogP contribution >= 0.6 is 15.9 Å². The molecule has 1 aromatic rings. The summed E-state index contributed by atoms with van der Waals surface area (Å²) in [5.74, 6) is -0.218. The Morgan fingerprint density at radius 2 is 2.21 bits per heavy atom. The van der Waals surface area contributed by atoms with Gasteiger partial charge in [-0.25, -0.2) is 4.39 Å². The third kappa shape index (κ3) is 3.39. The Kier molecular flexibility index (Phi) is 4.55. The summed E-state index contributed by atoms with van der Waals surface area (Å²) in [5.41, 5.74) is 6.98. The molecule has 0 saturated heterocycles. The number of rotatable bonds is 4. The molecule has 0 aliphatic carbocycles. The second kappa shape index (κ2) is 5.47. The minimum absolute atomic E-state index is 0.168. The van der Waals surface area contributed by atoms with Crippen LogP contribution in [0.15, 0.2) is 22.7 Å². The molecular formula is C11H15BrFN. The smallest absolute Gasteiger partial charge is 0.124 e. The van der Waals surface area contributed by atoms with Gasteiger partial charge >= 0.3 is 0 Å². The van der Waals surface area contributed by atoms with E-state index in [0.29, 0.717) is 0 Å². The number of benzene rings is 1. The second-order valence-electron chi connectivity index (χ2n) is 3.49. The molecule has 0 saturated carbocycles. The average Bonchev–Trinajstić information content (AvgIpc) is 2.10. The highest BCUT2D eigenvalue weighted by Gasteiger charge is 2.06. The SMILES string of the molecule is CCCC(N)Cc1ccc(F)cc1Br. The Bertz CT molecular complexity index is 301. The normalized spacial score (nSPS) is 12.9. The fraction of sp³-hybridized carbons (Fsp3) is 0.455. The molecule has 1 rings (SSSR count). The molecule has 1 aromatic carbocycles. The molecule has 0 heterocycles. The molecule has 0 aromatic heterocycles. The second-order valence-corrected chi connectivity index (χ2v) is 4.34. The topological polar surface area (TPSA) is 26.0 Å². The maximum absolute atomic E-state index is 12.8. The Labute approximate surface area is 92.6 Å². The Balaban J connectivity index is 2.67. The molecule has 1 atom stereocenters. The van der Waals surface area contributed by atoms with Crippen LogP contribution in [-0.4, -0.2) is 6.04 Å². The molecule has 1 unspecified atom stereocenters. The van der Waals surface area contributed by atoms with Crippen LogP contribution in [0.3, 0.4) is 0 Å². The van der Waals surface area contributed by atoms with Crippen LogP contribution in [-0.2, 0) is 6.42 Å². The van der Waals surface area contributed by atoms with Crippen molar-refractivity contribution in [3.05, 3.63) is 34.1 Å². The lowest BCUT2D eigenvalue weighted by Gasteiger charge is -2.11. The summed E-state index contributed by atoms with van der Waals surface area (Å²) < 4.78 is 13.6.